The van der Waals surface area contributed by atoms with Crippen molar-refractivity contribution in [2.45, 2.75) is 55.6 Å². The molecule has 0 aliphatic heterocycles. The minimum Gasteiger partial charge on any atom is -0.497 e. The number of halogens is 1. The first-order chi connectivity index (χ1) is 23.2. The summed E-state index contributed by atoms with van der Waals surface area (Å²) in [6.45, 7) is -0.641. The number of nitrogens with zero attached hydrogens (tertiary/aromatic N) is 2. The first-order valence-electron chi connectivity index (χ1n) is 15.9. The Morgan fingerprint density at radius 2 is 1.48 bits per heavy atom. The first-order valence-corrected chi connectivity index (χ1v) is 17.3. The fourth-order valence-electron chi connectivity index (χ4n) is 5.90. The molecule has 1 aliphatic carbocycles. The highest BCUT2D eigenvalue weighted by Crippen LogP contribution is 2.27. The Balaban J connectivity index is 1.57. The van der Waals surface area contributed by atoms with E-state index in [9.17, 15) is 22.4 Å². The lowest BCUT2D eigenvalue weighted by atomic mass is 10.0. The minimum absolute atomic E-state index is 0.00397. The maximum absolute atomic E-state index is 14.6. The van der Waals surface area contributed by atoms with E-state index in [-0.39, 0.29) is 35.5 Å². The van der Waals surface area contributed by atoms with E-state index in [0.29, 0.717) is 17.1 Å². The smallest absolute Gasteiger partial charge is 0.264 e. The summed E-state index contributed by atoms with van der Waals surface area (Å²) in [6.07, 6.45) is 3.93. The second-order valence-electron chi connectivity index (χ2n) is 11.7. The molecule has 5 rings (SSSR count). The molecule has 0 bridgehead atoms. The largest absolute Gasteiger partial charge is 0.497 e. The average molecular weight is 674 g/mol. The quantitative estimate of drug-likeness (QED) is 0.183. The van der Waals surface area contributed by atoms with Gasteiger partial charge < -0.3 is 19.7 Å². The lowest BCUT2D eigenvalue weighted by molar-refractivity contribution is -0.140. The van der Waals surface area contributed by atoms with Crippen LogP contribution in [0.15, 0.2) is 108 Å². The predicted octanol–water partition coefficient (Wildman–Crippen LogP) is 5.74. The number of anilines is 1. The van der Waals surface area contributed by atoms with Crippen molar-refractivity contribution < 1.29 is 31.9 Å². The fraction of sp³-hybridized carbons (Fsp3) is 0.297. The third kappa shape index (κ3) is 8.51. The third-order valence-electron chi connectivity index (χ3n) is 8.50. The molecule has 4 aromatic rings. The van der Waals surface area contributed by atoms with Gasteiger partial charge in [0.15, 0.2) is 0 Å². The number of benzene rings is 4. The highest BCUT2D eigenvalue weighted by molar-refractivity contribution is 7.92. The summed E-state index contributed by atoms with van der Waals surface area (Å²) in [5, 5.41) is 3.16. The van der Waals surface area contributed by atoms with Crippen molar-refractivity contribution >= 4 is 27.5 Å². The van der Waals surface area contributed by atoms with Crippen LogP contribution in [0.2, 0.25) is 0 Å². The van der Waals surface area contributed by atoms with Crippen LogP contribution in [-0.4, -0.2) is 58.0 Å². The van der Waals surface area contributed by atoms with Crippen molar-refractivity contribution in [2.24, 2.45) is 0 Å². The van der Waals surface area contributed by atoms with Gasteiger partial charge in [-0.1, -0.05) is 55.3 Å². The number of amides is 2. The molecule has 0 heterocycles. The number of hydrogen-bond donors (Lipinski definition) is 1. The number of carbonyl (C=O) groups excluding carboxylic acids is 2. The van der Waals surface area contributed by atoms with Gasteiger partial charge in [0.1, 0.15) is 29.9 Å². The third-order valence-corrected chi connectivity index (χ3v) is 10.3. The predicted molar refractivity (Wildman–Crippen MR) is 182 cm³/mol. The Kier molecular flexibility index (Phi) is 11.3. The second-order valence-corrected chi connectivity index (χ2v) is 13.6. The van der Waals surface area contributed by atoms with Crippen LogP contribution >= 0.6 is 0 Å². The normalized spacial score (nSPS) is 13.8. The van der Waals surface area contributed by atoms with Crippen LogP contribution in [0, 0.1) is 5.82 Å². The van der Waals surface area contributed by atoms with Crippen LogP contribution in [0.5, 0.6) is 11.5 Å². The maximum Gasteiger partial charge on any atom is 0.264 e. The number of ether oxygens (including phenoxy) is 2. The van der Waals surface area contributed by atoms with Crippen LogP contribution in [0.3, 0.4) is 0 Å². The molecule has 11 heteroatoms. The Labute approximate surface area is 281 Å². The van der Waals surface area contributed by atoms with E-state index >= 15 is 0 Å². The highest BCUT2D eigenvalue weighted by atomic mass is 32.2. The Morgan fingerprint density at radius 3 is 2.12 bits per heavy atom. The molecule has 4 aromatic carbocycles. The van der Waals surface area contributed by atoms with Crippen LogP contribution in [0.4, 0.5) is 10.1 Å². The molecule has 252 valence electrons. The van der Waals surface area contributed by atoms with Crippen molar-refractivity contribution in [1.29, 1.82) is 0 Å². The van der Waals surface area contributed by atoms with Gasteiger partial charge in [0.25, 0.3) is 10.0 Å². The SMILES string of the molecule is COc1ccc(S(=O)(=O)N(CC(=O)N(Cc2cccc(OC)c2)C(Cc2ccccc2)C(=O)NC2CCCC2)c2ccc(F)cc2)cc1. The summed E-state index contributed by atoms with van der Waals surface area (Å²) < 4.78 is 53.9. The molecular weight excluding hydrogens is 633 g/mol. The molecule has 9 nitrogen and oxygen atoms in total. The minimum atomic E-state index is -4.34. The van der Waals surface area contributed by atoms with Crippen molar-refractivity contribution in [3.8, 4) is 11.5 Å². The molecule has 1 unspecified atom stereocenters. The molecule has 2 amide bonds. The van der Waals surface area contributed by atoms with E-state index in [2.05, 4.69) is 5.32 Å². The van der Waals surface area contributed by atoms with Gasteiger partial charge in [-0.05, 0) is 84.6 Å². The number of nitrogens with one attached hydrogen (secondary N) is 1. The van der Waals surface area contributed by atoms with E-state index in [1.165, 1.54) is 48.4 Å². The zero-order chi connectivity index (χ0) is 34.1. The molecule has 0 radical (unpaired) electrons. The van der Waals surface area contributed by atoms with Crippen LogP contribution in [0.1, 0.15) is 36.8 Å². The lowest BCUT2D eigenvalue weighted by Crippen LogP contribution is -2.54. The second kappa shape index (κ2) is 15.8. The Bertz CT molecular complexity index is 1780. The van der Waals surface area contributed by atoms with E-state index in [1.54, 1.807) is 25.3 Å². The molecule has 1 saturated carbocycles. The molecule has 0 aromatic heterocycles. The average Bonchev–Trinajstić information content (AvgIpc) is 3.62. The van der Waals surface area contributed by atoms with Gasteiger partial charge in [0, 0.05) is 19.0 Å². The fourth-order valence-corrected chi connectivity index (χ4v) is 7.31. The van der Waals surface area contributed by atoms with E-state index in [4.69, 9.17) is 9.47 Å². The summed E-state index contributed by atoms with van der Waals surface area (Å²) in [5.74, 6) is -0.446. The van der Waals surface area contributed by atoms with Crippen LogP contribution in [0.25, 0.3) is 0 Å². The molecule has 1 fully saturated rings. The van der Waals surface area contributed by atoms with Crippen molar-refractivity contribution in [3.63, 3.8) is 0 Å². The molecule has 1 N–H and O–H groups in total. The standard InChI is InChI=1S/C37H40FN3O6S/c1-46-32-19-21-34(22-20-32)48(44,45)41(31-17-15-29(38)16-18-31)26-36(42)40(25-28-11-8-14-33(23-28)47-2)35(24-27-9-4-3-5-10-27)37(43)39-30-12-6-7-13-30/h3-5,8-11,14-23,30,35H,6-7,12-13,24-26H2,1-2H3,(H,39,43). The molecular formula is C37H40FN3O6S. The summed E-state index contributed by atoms with van der Waals surface area (Å²) in [6, 6.07) is 26.3. The number of sulfonamides is 1. The molecule has 0 spiro atoms. The zero-order valence-corrected chi connectivity index (χ0v) is 27.9. The van der Waals surface area contributed by atoms with E-state index in [0.717, 1.165) is 47.7 Å². The van der Waals surface area contributed by atoms with Gasteiger partial charge in [-0.2, -0.15) is 0 Å². The highest BCUT2D eigenvalue weighted by Gasteiger charge is 2.35. The van der Waals surface area contributed by atoms with Crippen molar-refractivity contribution in [2.75, 3.05) is 25.1 Å². The van der Waals surface area contributed by atoms with Crippen molar-refractivity contribution in [1.82, 2.24) is 10.2 Å². The van der Waals surface area contributed by atoms with Gasteiger partial charge in [0.2, 0.25) is 11.8 Å². The Hall–Kier alpha value is -4.90. The first kappa shape index (κ1) is 34.4. The molecule has 0 saturated heterocycles. The number of carbonyl (C=O) groups is 2. The number of rotatable bonds is 14. The number of methoxy groups -OCH3 is 2. The van der Waals surface area contributed by atoms with E-state index in [1.807, 2.05) is 36.4 Å². The number of hydrogen-bond acceptors (Lipinski definition) is 6. The van der Waals surface area contributed by atoms with Gasteiger partial charge in [-0.3, -0.25) is 13.9 Å². The van der Waals surface area contributed by atoms with Gasteiger partial charge >= 0.3 is 0 Å². The Morgan fingerprint density at radius 1 is 0.833 bits per heavy atom. The summed E-state index contributed by atoms with van der Waals surface area (Å²) in [5.41, 5.74) is 1.63. The van der Waals surface area contributed by atoms with Gasteiger partial charge in [0.05, 0.1) is 24.8 Å². The van der Waals surface area contributed by atoms with E-state index < -0.39 is 34.3 Å². The van der Waals surface area contributed by atoms with Crippen LogP contribution < -0.4 is 19.1 Å². The summed E-state index contributed by atoms with van der Waals surface area (Å²) in [4.78, 5) is 30.1. The van der Waals surface area contributed by atoms with Crippen molar-refractivity contribution in [3.05, 3.63) is 120 Å². The molecule has 1 aliphatic rings. The zero-order valence-electron chi connectivity index (χ0n) is 27.0. The van der Waals surface area contributed by atoms with Gasteiger partial charge in [-0.15, -0.1) is 0 Å². The van der Waals surface area contributed by atoms with Gasteiger partial charge in [-0.25, -0.2) is 12.8 Å². The van der Waals surface area contributed by atoms with Crippen LogP contribution in [-0.2, 0) is 32.6 Å². The lowest BCUT2D eigenvalue weighted by Gasteiger charge is -2.34. The summed E-state index contributed by atoms with van der Waals surface area (Å²) in [7, 11) is -1.33. The summed E-state index contributed by atoms with van der Waals surface area (Å²) >= 11 is 0. The monoisotopic (exact) mass is 673 g/mol. The topological polar surface area (TPSA) is 105 Å². The molecule has 48 heavy (non-hydrogen) atoms. The molecule has 1 atom stereocenters. The maximum atomic E-state index is 14.6.